The Kier molecular flexibility index (Phi) is 5.39. The summed E-state index contributed by atoms with van der Waals surface area (Å²) in [6.45, 7) is 2.39. The van der Waals surface area contributed by atoms with E-state index in [4.69, 9.17) is 4.74 Å². The number of nitrogens with one attached hydrogen (secondary N) is 1. The lowest BCUT2D eigenvalue weighted by molar-refractivity contribution is 0.0925. The van der Waals surface area contributed by atoms with Gasteiger partial charge in [0.2, 0.25) is 0 Å². The van der Waals surface area contributed by atoms with E-state index in [1.54, 1.807) is 53.5 Å². The van der Waals surface area contributed by atoms with Crippen LogP contribution in [0.15, 0.2) is 85.2 Å². The molecule has 0 fully saturated rings. The number of benzene rings is 3. The second-order valence-electron chi connectivity index (χ2n) is 7.55. The zero-order chi connectivity index (χ0) is 23.7. The largest absolute Gasteiger partial charge is 0.494 e. The minimum absolute atomic E-state index is 0.187. The van der Waals surface area contributed by atoms with Crippen molar-refractivity contribution in [2.45, 2.75) is 6.92 Å². The fourth-order valence-corrected chi connectivity index (χ4v) is 3.86. The molecule has 4 aromatic rings. The molecule has 1 aliphatic heterocycles. The van der Waals surface area contributed by atoms with Gasteiger partial charge in [-0.2, -0.15) is 5.10 Å². The number of aromatic nitrogens is 2. The summed E-state index contributed by atoms with van der Waals surface area (Å²) < 4.78 is 7.07. The monoisotopic (exact) mass is 452 g/mol. The van der Waals surface area contributed by atoms with Crippen molar-refractivity contribution in [3.63, 3.8) is 0 Å². The molecule has 0 unspecified atom stereocenters. The number of rotatable bonds is 6. The van der Waals surface area contributed by atoms with Crippen molar-refractivity contribution >= 4 is 29.1 Å². The van der Waals surface area contributed by atoms with Crippen molar-refractivity contribution in [2.24, 2.45) is 0 Å². The highest BCUT2D eigenvalue weighted by atomic mass is 16.5. The van der Waals surface area contributed by atoms with Gasteiger partial charge in [0.25, 0.3) is 17.7 Å². The van der Waals surface area contributed by atoms with Crippen molar-refractivity contribution in [3.8, 4) is 11.4 Å². The van der Waals surface area contributed by atoms with Gasteiger partial charge in [0.15, 0.2) is 0 Å². The summed E-state index contributed by atoms with van der Waals surface area (Å²) in [4.78, 5) is 40.1. The summed E-state index contributed by atoms with van der Waals surface area (Å²) in [7, 11) is 0. The van der Waals surface area contributed by atoms with E-state index < -0.39 is 17.7 Å². The third-order valence-corrected chi connectivity index (χ3v) is 5.46. The SMILES string of the molecule is CCOc1ccc(N2C(=O)c3ccc(C(=O)Nc4ccccc4-n4cccn4)cc3C2=O)cc1. The van der Waals surface area contributed by atoms with Crippen molar-refractivity contribution in [1.82, 2.24) is 9.78 Å². The molecule has 0 aliphatic carbocycles. The molecule has 1 aliphatic rings. The number of nitrogens with zero attached hydrogens (tertiary/aromatic N) is 3. The minimum atomic E-state index is -0.476. The Bertz CT molecular complexity index is 1390. The molecule has 168 valence electrons. The number of hydrogen-bond donors (Lipinski definition) is 1. The average molecular weight is 452 g/mol. The van der Waals surface area contributed by atoms with Gasteiger partial charge < -0.3 is 10.1 Å². The number of anilines is 2. The Balaban J connectivity index is 1.41. The molecule has 0 radical (unpaired) electrons. The summed E-state index contributed by atoms with van der Waals surface area (Å²) in [5, 5.41) is 7.09. The Morgan fingerprint density at radius 3 is 2.44 bits per heavy atom. The van der Waals surface area contributed by atoms with E-state index in [-0.39, 0.29) is 16.7 Å². The number of imide groups is 1. The molecular formula is C26H20N4O4. The zero-order valence-electron chi connectivity index (χ0n) is 18.3. The molecule has 3 amide bonds. The van der Waals surface area contributed by atoms with Crippen LogP contribution in [0.3, 0.4) is 0 Å². The van der Waals surface area contributed by atoms with Crippen LogP contribution < -0.4 is 15.0 Å². The van der Waals surface area contributed by atoms with E-state index in [9.17, 15) is 14.4 Å². The van der Waals surface area contributed by atoms with E-state index in [1.165, 1.54) is 18.2 Å². The van der Waals surface area contributed by atoms with Gasteiger partial charge in [-0.25, -0.2) is 9.58 Å². The molecule has 0 spiro atoms. The van der Waals surface area contributed by atoms with E-state index in [0.717, 1.165) is 4.90 Å². The molecule has 0 saturated heterocycles. The summed E-state index contributed by atoms with van der Waals surface area (Å²) >= 11 is 0. The van der Waals surface area contributed by atoms with E-state index in [2.05, 4.69) is 10.4 Å². The normalized spacial score (nSPS) is 12.6. The predicted molar refractivity (Wildman–Crippen MR) is 127 cm³/mol. The van der Waals surface area contributed by atoms with Crippen LogP contribution in [-0.4, -0.2) is 34.1 Å². The van der Waals surface area contributed by atoms with E-state index in [0.29, 0.717) is 29.4 Å². The molecule has 2 heterocycles. The fraction of sp³-hybridized carbons (Fsp3) is 0.0769. The van der Waals surface area contributed by atoms with Gasteiger partial charge >= 0.3 is 0 Å². The van der Waals surface area contributed by atoms with Crippen molar-refractivity contribution < 1.29 is 19.1 Å². The maximum atomic E-state index is 13.1. The molecule has 8 nitrogen and oxygen atoms in total. The lowest BCUT2D eigenvalue weighted by Gasteiger charge is -2.14. The molecule has 3 aromatic carbocycles. The maximum Gasteiger partial charge on any atom is 0.266 e. The Morgan fingerprint density at radius 2 is 1.71 bits per heavy atom. The van der Waals surface area contributed by atoms with Gasteiger partial charge in [-0.3, -0.25) is 14.4 Å². The first-order chi connectivity index (χ1) is 16.6. The Morgan fingerprint density at radius 1 is 0.941 bits per heavy atom. The second kappa shape index (κ2) is 8.67. The lowest BCUT2D eigenvalue weighted by Crippen LogP contribution is -2.29. The number of fused-ring (bicyclic) bond motifs is 1. The first-order valence-corrected chi connectivity index (χ1v) is 10.7. The number of ether oxygens (including phenoxy) is 1. The first kappa shape index (κ1) is 21.1. The summed E-state index contributed by atoms with van der Waals surface area (Å²) in [6.07, 6.45) is 3.43. The molecule has 1 aromatic heterocycles. The molecule has 8 heteroatoms. The number of hydrogen-bond acceptors (Lipinski definition) is 5. The number of amides is 3. The highest BCUT2D eigenvalue weighted by Crippen LogP contribution is 2.30. The third kappa shape index (κ3) is 3.71. The van der Waals surface area contributed by atoms with Crippen molar-refractivity contribution in [2.75, 3.05) is 16.8 Å². The third-order valence-electron chi connectivity index (χ3n) is 5.46. The predicted octanol–water partition coefficient (Wildman–Crippen LogP) is 4.32. The smallest absolute Gasteiger partial charge is 0.266 e. The highest BCUT2D eigenvalue weighted by molar-refractivity contribution is 6.34. The summed E-state index contributed by atoms with van der Waals surface area (Å²) in [5.41, 5.74) is 2.42. The molecule has 0 atom stereocenters. The minimum Gasteiger partial charge on any atom is -0.494 e. The number of para-hydroxylation sites is 2. The van der Waals surface area contributed by atoms with Crippen LogP contribution in [0, 0.1) is 0 Å². The van der Waals surface area contributed by atoms with Crippen LogP contribution in [0.4, 0.5) is 11.4 Å². The van der Waals surface area contributed by atoms with Crippen LogP contribution in [0.5, 0.6) is 5.75 Å². The molecule has 1 N–H and O–H groups in total. The molecule has 0 bridgehead atoms. The van der Waals surface area contributed by atoms with Crippen LogP contribution in [-0.2, 0) is 0 Å². The Labute approximate surface area is 195 Å². The van der Waals surface area contributed by atoms with Gasteiger partial charge in [-0.05, 0) is 67.6 Å². The lowest BCUT2D eigenvalue weighted by atomic mass is 10.1. The molecule has 5 rings (SSSR count). The van der Waals surface area contributed by atoms with Gasteiger partial charge in [0, 0.05) is 18.0 Å². The first-order valence-electron chi connectivity index (χ1n) is 10.7. The topological polar surface area (TPSA) is 93.5 Å². The van der Waals surface area contributed by atoms with Crippen LogP contribution in [0.1, 0.15) is 38.0 Å². The van der Waals surface area contributed by atoms with Gasteiger partial charge in [-0.15, -0.1) is 0 Å². The van der Waals surface area contributed by atoms with Crippen LogP contribution >= 0.6 is 0 Å². The van der Waals surface area contributed by atoms with Gasteiger partial charge in [-0.1, -0.05) is 12.1 Å². The number of carbonyl (C=O) groups is 3. The van der Waals surface area contributed by atoms with Gasteiger partial charge in [0.05, 0.1) is 34.8 Å². The second-order valence-corrected chi connectivity index (χ2v) is 7.55. The standard InChI is InChI=1S/C26H20N4O4/c1-2-34-19-11-9-18(10-12-19)30-25(32)20-13-8-17(16-21(20)26(30)33)24(31)28-22-6-3-4-7-23(22)29-15-5-14-27-29/h3-16H,2H2,1H3,(H,28,31). The molecule has 0 saturated carbocycles. The summed E-state index contributed by atoms with van der Waals surface area (Å²) in [6, 6.07) is 20.3. The quantitative estimate of drug-likeness (QED) is 0.440. The highest BCUT2D eigenvalue weighted by Gasteiger charge is 2.37. The van der Waals surface area contributed by atoms with E-state index in [1.807, 2.05) is 25.1 Å². The average Bonchev–Trinajstić information content (AvgIpc) is 3.47. The maximum absolute atomic E-state index is 13.1. The summed E-state index contributed by atoms with van der Waals surface area (Å²) in [5.74, 6) is -0.657. The van der Waals surface area contributed by atoms with Crippen molar-refractivity contribution in [3.05, 3.63) is 102 Å². The number of carbonyl (C=O) groups excluding carboxylic acids is 3. The van der Waals surface area contributed by atoms with Crippen LogP contribution in [0.2, 0.25) is 0 Å². The van der Waals surface area contributed by atoms with Gasteiger partial charge in [0.1, 0.15) is 5.75 Å². The van der Waals surface area contributed by atoms with E-state index >= 15 is 0 Å². The zero-order valence-corrected chi connectivity index (χ0v) is 18.3. The van der Waals surface area contributed by atoms with Crippen LogP contribution in [0.25, 0.3) is 5.69 Å². The fourth-order valence-electron chi connectivity index (χ4n) is 3.86. The molecular weight excluding hydrogens is 432 g/mol. The Hall–Kier alpha value is -4.72. The molecule has 34 heavy (non-hydrogen) atoms. The van der Waals surface area contributed by atoms with Crippen molar-refractivity contribution in [1.29, 1.82) is 0 Å².